The number of ketones is 1. The van der Waals surface area contributed by atoms with E-state index in [-0.39, 0.29) is 5.92 Å². The van der Waals surface area contributed by atoms with E-state index >= 15 is 0 Å². The normalized spacial score (nSPS) is 23.5. The van der Waals surface area contributed by atoms with Gasteiger partial charge in [0.25, 0.3) is 0 Å². The molecule has 0 aromatic rings. The maximum atomic E-state index is 11.6. The summed E-state index contributed by atoms with van der Waals surface area (Å²) in [6.07, 6.45) is 6.50. The Morgan fingerprint density at radius 1 is 1.07 bits per heavy atom. The molecule has 0 aromatic heterocycles. The van der Waals surface area contributed by atoms with Crippen LogP contribution in [0.25, 0.3) is 0 Å². The quantitative estimate of drug-likeness (QED) is 0.670. The monoisotopic (exact) mass is 196 g/mol. The summed E-state index contributed by atoms with van der Waals surface area (Å²) in [5.41, 5.74) is 0.310. The van der Waals surface area contributed by atoms with E-state index in [9.17, 15) is 4.79 Å². The van der Waals surface area contributed by atoms with Crippen LogP contribution >= 0.6 is 0 Å². The van der Waals surface area contributed by atoms with E-state index in [0.29, 0.717) is 17.1 Å². The highest BCUT2D eigenvalue weighted by atomic mass is 16.1. The van der Waals surface area contributed by atoms with E-state index in [0.717, 1.165) is 0 Å². The van der Waals surface area contributed by atoms with Crippen molar-refractivity contribution in [2.24, 2.45) is 17.3 Å². The second kappa shape index (κ2) is 4.46. The zero-order valence-electron chi connectivity index (χ0n) is 10.1. The predicted octanol–water partition coefficient (Wildman–Crippen LogP) is 3.82. The molecule has 1 saturated carbocycles. The van der Waals surface area contributed by atoms with Gasteiger partial charge in [-0.1, -0.05) is 40.0 Å². The molecule has 1 aliphatic rings. The van der Waals surface area contributed by atoms with Gasteiger partial charge in [0.15, 0.2) is 0 Å². The lowest BCUT2D eigenvalue weighted by atomic mass is 9.59. The molecule has 0 aliphatic heterocycles. The summed E-state index contributed by atoms with van der Waals surface area (Å²) in [4.78, 5) is 11.6. The van der Waals surface area contributed by atoms with E-state index in [1.807, 2.05) is 0 Å². The van der Waals surface area contributed by atoms with Gasteiger partial charge in [-0.15, -0.1) is 0 Å². The number of hydrogen-bond donors (Lipinski definition) is 0. The van der Waals surface area contributed by atoms with Gasteiger partial charge in [-0.05, 0) is 31.1 Å². The van der Waals surface area contributed by atoms with Crippen molar-refractivity contribution in [3.63, 3.8) is 0 Å². The Kier molecular flexibility index (Phi) is 3.74. The standard InChI is InChI=1S/C13H24O/c1-10(2)13(11(3)12(4)14)8-6-5-7-9-13/h10-11H,5-9H2,1-4H3. The largest absolute Gasteiger partial charge is 0.300 e. The molecule has 1 aliphatic carbocycles. The summed E-state index contributed by atoms with van der Waals surface area (Å²) in [6.45, 7) is 8.45. The minimum Gasteiger partial charge on any atom is -0.300 e. The van der Waals surface area contributed by atoms with Crippen molar-refractivity contribution < 1.29 is 4.79 Å². The molecule has 0 bridgehead atoms. The fourth-order valence-electron chi connectivity index (χ4n) is 3.13. The fourth-order valence-corrected chi connectivity index (χ4v) is 3.13. The van der Waals surface area contributed by atoms with Crippen molar-refractivity contribution in [1.29, 1.82) is 0 Å². The molecule has 1 fully saturated rings. The van der Waals surface area contributed by atoms with E-state index < -0.39 is 0 Å². The molecular formula is C13H24O. The Labute approximate surface area is 88.3 Å². The third-order valence-electron chi connectivity index (χ3n) is 4.41. The Balaban J connectivity index is 2.85. The minimum absolute atomic E-state index is 0.253. The smallest absolute Gasteiger partial charge is 0.133 e. The van der Waals surface area contributed by atoms with Crippen molar-refractivity contribution >= 4 is 5.78 Å². The molecule has 1 rings (SSSR count). The molecule has 1 unspecified atom stereocenters. The highest BCUT2D eigenvalue weighted by molar-refractivity contribution is 5.78. The summed E-state index contributed by atoms with van der Waals surface area (Å²) in [6, 6.07) is 0. The highest BCUT2D eigenvalue weighted by Gasteiger charge is 2.41. The van der Waals surface area contributed by atoms with Crippen LogP contribution in [0.4, 0.5) is 0 Å². The van der Waals surface area contributed by atoms with E-state index in [2.05, 4.69) is 20.8 Å². The Bertz CT molecular complexity index is 199. The van der Waals surface area contributed by atoms with Crippen molar-refractivity contribution in [1.82, 2.24) is 0 Å². The topological polar surface area (TPSA) is 17.1 Å². The number of carbonyl (C=O) groups is 1. The van der Waals surface area contributed by atoms with Gasteiger partial charge in [-0.3, -0.25) is 4.79 Å². The molecule has 14 heavy (non-hydrogen) atoms. The van der Waals surface area contributed by atoms with Gasteiger partial charge in [0.05, 0.1) is 0 Å². The lowest BCUT2D eigenvalue weighted by Crippen LogP contribution is -2.39. The molecule has 1 heteroatoms. The second-order valence-corrected chi connectivity index (χ2v) is 5.28. The van der Waals surface area contributed by atoms with Crippen LogP contribution in [0.15, 0.2) is 0 Å². The number of hydrogen-bond acceptors (Lipinski definition) is 1. The van der Waals surface area contributed by atoms with Gasteiger partial charge in [-0.25, -0.2) is 0 Å². The van der Waals surface area contributed by atoms with E-state index in [1.54, 1.807) is 6.92 Å². The third kappa shape index (κ3) is 2.02. The molecule has 0 heterocycles. The van der Waals surface area contributed by atoms with Crippen LogP contribution in [0, 0.1) is 17.3 Å². The lowest BCUT2D eigenvalue weighted by Gasteiger charge is -2.45. The van der Waals surface area contributed by atoms with Crippen LogP contribution in [-0.4, -0.2) is 5.78 Å². The van der Waals surface area contributed by atoms with Crippen LogP contribution in [0.3, 0.4) is 0 Å². The van der Waals surface area contributed by atoms with Gasteiger partial charge in [0, 0.05) is 5.92 Å². The van der Waals surface area contributed by atoms with Crippen molar-refractivity contribution in [3.8, 4) is 0 Å². The van der Waals surface area contributed by atoms with Crippen LogP contribution < -0.4 is 0 Å². The SMILES string of the molecule is CC(=O)C(C)C1(C(C)C)CCCCC1. The molecule has 1 nitrogen and oxygen atoms in total. The molecule has 0 amide bonds. The molecule has 0 radical (unpaired) electrons. The van der Waals surface area contributed by atoms with Crippen molar-refractivity contribution in [2.75, 3.05) is 0 Å². The Hall–Kier alpha value is -0.330. The molecule has 0 saturated heterocycles. The van der Waals surface area contributed by atoms with Crippen molar-refractivity contribution in [2.45, 2.75) is 59.8 Å². The summed E-state index contributed by atoms with van der Waals surface area (Å²) in [5, 5.41) is 0. The Morgan fingerprint density at radius 3 is 1.93 bits per heavy atom. The first-order valence-electron chi connectivity index (χ1n) is 6.01. The number of Topliss-reactive ketones (excluding diaryl/α,β-unsaturated/α-hetero) is 1. The molecule has 0 aromatic carbocycles. The van der Waals surface area contributed by atoms with Crippen LogP contribution in [0.5, 0.6) is 0 Å². The summed E-state index contributed by atoms with van der Waals surface area (Å²) >= 11 is 0. The van der Waals surface area contributed by atoms with E-state index in [1.165, 1.54) is 32.1 Å². The van der Waals surface area contributed by atoms with Gasteiger partial charge in [0.1, 0.15) is 5.78 Å². The predicted molar refractivity (Wildman–Crippen MR) is 60.2 cm³/mol. The molecular weight excluding hydrogens is 172 g/mol. The zero-order chi connectivity index (χ0) is 10.8. The molecule has 0 N–H and O–H groups in total. The maximum absolute atomic E-state index is 11.6. The minimum atomic E-state index is 0.253. The zero-order valence-corrected chi connectivity index (χ0v) is 10.1. The average Bonchev–Trinajstić information content (AvgIpc) is 2.17. The van der Waals surface area contributed by atoms with Crippen LogP contribution in [-0.2, 0) is 4.79 Å². The highest BCUT2D eigenvalue weighted by Crippen LogP contribution is 2.48. The summed E-state index contributed by atoms with van der Waals surface area (Å²) < 4.78 is 0. The fraction of sp³-hybridized carbons (Fsp3) is 0.923. The third-order valence-corrected chi connectivity index (χ3v) is 4.41. The maximum Gasteiger partial charge on any atom is 0.133 e. The summed E-state index contributed by atoms with van der Waals surface area (Å²) in [5.74, 6) is 1.27. The first-order chi connectivity index (χ1) is 6.50. The Morgan fingerprint density at radius 2 is 1.57 bits per heavy atom. The first-order valence-corrected chi connectivity index (χ1v) is 6.01. The van der Waals surface area contributed by atoms with Gasteiger partial charge in [0.2, 0.25) is 0 Å². The molecule has 1 atom stereocenters. The molecule has 82 valence electrons. The van der Waals surface area contributed by atoms with E-state index in [4.69, 9.17) is 0 Å². The van der Waals surface area contributed by atoms with Crippen molar-refractivity contribution in [3.05, 3.63) is 0 Å². The van der Waals surface area contributed by atoms with Gasteiger partial charge in [-0.2, -0.15) is 0 Å². The van der Waals surface area contributed by atoms with Crippen LogP contribution in [0.2, 0.25) is 0 Å². The van der Waals surface area contributed by atoms with Gasteiger partial charge >= 0.3 is 0 Å². The van der Waals surface area contributed by atoms with Crippen LogP contribution in [0.1, 0.15) is 59.8 Å². The number of carbonyl (C=O) groups excluding carboxylic acids is 1. The molecule has 0 spiro atoms. The number of rotatable bonds is 3. The second-order valence-electron chi connectivity index (χ2n) is 5.28. The van der Waals surface area contributed by atoms with Gasteiger partial charge < -0.3 is 0 Å². The first kappa shape index (κ1) is 11.7. The average molecular weight is 196 g/mol. The summed E-state index contributed by atoms with van der Waals surface area (Å²) in [7, 11) is 0. The lowest BCUT2D eigenvalue weighted by molar-refractivity contribution is -0.127.